The molecule has 0 aliphatic carbocycles. The molecular formula is C7H13NaO3. The molecule has 0 fully saturated rings. The van der Waals surface area contributed by atoms with Gasteiger partial charge in [0.2, 0.25) is 0 Å². The quantitative estimate of drug-likeness (QED) is 0.444. The van der Waals surface area contributed by atoms with Gasteiger partial charge in [-0.2, -0.15) is 0 Å². The summed E-state index contributed by atoms with van der Waals surface area (Å²) >= 11 is 0. The van der Waals surface area contributed by atoms with Crippen LogP contribution in [0.3, 0.4) is 0 Å². The largest absolute Gasteiger partial charge is 1.00 e. The first-order valence-electron chi connectivity index (χ1n) is 3.45. The molecule has 60 valence electrons. The zero-order chi connectivity index (χ0) is 8.15. The van der Waals surface area contributed by atoms with Gasteiger partial charge in [-0.15, -0.1) is 0 Å². The van der Waals surface area contributed by atoms with Crippen molar-refractivity contribution in [3.8, 4) is 0 Å². The van der Waals surface area contributed by atoms with Crippen LogP contribution < -0.4 is 34.7 Å². The fourth-order valence-electron chi connectivity index (χ4n) is 0.801. The van der Waals surface area contributed by atoms with E-state index in [4.69, 9.17) is 5.11 Å². The summed E-state index contributed by atoms with van der Waals surface area (Å²) in [6.45, 7) is 3.51. The Balaban J connectivity index is 0. The Morgan fingerprint density at radius 1 is 1.64 bits per heavy atom. The molecule has 0 radical (unpaired) electrons. The predicted molar refractivity (Wildman–Crippen MR) is 35.1 cm³/mol. The predicted octanol–water partition coefficient (Wildman–Crippen LogP) is -3.46. The van der Waals surface area contributed by atoms with E-state index in [1.807, 2.05) is 6.92 Å². The standard InChI is InChI=1S/C7H14O3.Na/c1-3-6(8)5(2)4-7(9)10;/h5-6,8H,3-4H2,1-2H3,(H,9,10);/q;+1/p-1. The molecule has 0 spiro atoms. The van der Waals surface area contributed by atoms with Gasteiger partial charge in [-0.25, -0.2) is 0 Å². The van der Waals surface area contributed by atoms with Gasteiger partial charge >= 0.3 is 29.6 Å². The van der Waals surface area contributed by atoms with Gasteiger partial charge in [0.25, 0.3) is 0 Å². The number of aliphatic hydroxyl groups excluding tert-OH is 1. The molecule has 3 nitrogen and oxygen atoms in total. The van der Waals surface area contributed by atoms with Crippen LogP contribution in [0.4, 0.5) is 0 Å². The Labute approximate surface area is 89.1 Å². The second-order valence-corrected chi connectivity index (χ2v) is 2.53. The van der Waals surface area contributed by atoms with Crippen LogP contribution in [0.1, 0.15) is 26.7 Å². The maximum Gasteiger partial charge on any atom is 1.00 e. The number of carboxylic acid groups (broad SMARTS) is 1. The van der Waals surface area contributed by atoms with Crippen LogP contribution in [0.25, 0.3) is 0 Å². The molecule has 0 bridgehead atoms. The monoisotopic (exact) mass is 168 g/mol. The summed E-state index contributed by atoms with van der Waals surface area (Å²) in [5.41, 5.74) is 0. The van der Waals surface area contributed by atoms with Crippen molar-refractivity contribution in [3.05, 3.63) is 0 Å². The minimum Gasteiger partial charge on any atom is -0.550 e. The third-order valence-corrected chi connectivity index (χ3v) is 1.56. The second-order valence-electron chi connectivity index (χ2n) is 2.53. The minimum atomic E-state index is -1.10. The van der Waals surface area contributed by atoms with E-state index in [1.54, 1.807) is 6.92 Å². The molecule has 0 heterocycles. The van der Waals surface area contributed by atoms with E-state index in [9.17, 15) is 9.90 Å². The third kappa shape index (κ3) is 6.81. The van der Waals surface area contributed by atoms with Crippen molar-refractivity contribution in [2.24, 2.45) is 5.92 Å². The normalized spacial score (nSPS) is 14.8. The van der Waals surface area contributed by atoms with Crippen molar-refractivity contribution < 1.29 is 44.6 Å². The summed E-state index contributed by atoms with van der Waals surface area (Å²) < 4.78 is 0. The number of hydrogen-bond acceptors (Lipinski definition) is 3. The zero-order valence-electron chi connectivity index (χ0n) is 7.33. The van der Waals surface area contributed by atoms with E-state index >= 15 is 0 Å². The average molecular weight is 168 g/mol. The van der Waals surface area contributed by atoms with E-state index in [0.717, 1.165) is 0 Å². The van der Waals surface area contributed by atoms with Crippen LogP contribution in [-0.4, -0.2) is 17.2 Å². The fourth-order valence-corrected chi connectivity index (χ4v) is 0.801. The van der Waals surface area contributed by atoms with Gasteiger partial charge < -0.3 is 15.0 Å². The molecule has 1 N–H and O–H groups in total. The van der Waals surface area contributed by atoms with Crippen molar-refractivity contribution in [3.63, 3.8) is 0 Å². The summed E-state index contributed by atoms with van der Waals surface area (Å²) in [6.07, 6.45) is 0.0154. The van der Waals surface area contributed by atoms with Gasteiger partial charge in [0.15, 0.2) is 0 Å². The number of aliphatic carboxylic acids is 1. The molecule has 0 rings (SSSR count). The molecule has 0 aromatic carbocycles. The molecule has 2 atom stereocenters. The van der Waals surface area contributed by atoms with E-state index < -0.39 is 12.1 Å². The number of rotatable bonds is 4. The van der Waals surface area contributed by atoms with E-state index in [0.29, 0.717) is 6.42 Å². The average Bonchev–Trinajstić information content (AvgIpc) is 1.85. The molecule has 11 heavy (non-hydrogen) atoms. The van der Waals surface area contributed by atoms with Crippen LogP contribution in [0, 0.1) is 5.92 Å². The first kappa shape index (κ1) is 14.0. The summed E-state index contributed by atoms with van der Waals surface area (Å²) in [7, 11) is 0. The van der Waals surface area contributed by atoms with Crippen molar-refractivity contribution in [2.75, 3.05) is 0 Å². The van der Waals surface area contributed by atoms with E-state index in [-0.39, 0.29) is 41.9 Å². The molecule has 0 aromatic rings. The van der Waals surface area contributed by atoms with Gasteiger partial charge in [-0.3, -0.25) is 0 Å². The molecular weight excluding hydrogens is 155 g/mol. The summed E-state index contributed by atoms with van der Waals surface area (Å²) in [5, 5.41) is 19.1. The Hall–Kier alpha value is 0.430. The summed E-state index contributed by atoms with van der Waals surface area (Å²) in [6, 6.07) is 0. The molecule has 0 saturated heterocycles. The van der Waals surface area contributed by atoms with Gasteiger partial charge in [-0.1, -0.05) is 13.8 Å². The number of carbonyl (C=O) groups excluding carboxylic acids is 1. The smallest absolute Gasteiger partial charge is 0.550 e. The van der Waals surface area contributed by atoms with Crippen LogP contribution >= 0.6 is 0 Å². The number of carboxylic acids is 1. The van der Waals surface area contributed by atoms with Gasteiger partial charge in [0, 0.05) is 5.97 Å². The minimum absolute atomic E-state index is 0. The Kier molecular flexibility index (Phi) is 9.02. The topological polar surface area (TPSA) is 60.4 Å². The molecule has 0 saturated carbocycles. The van der Waals surface area contributed by atoms with Crippen molar-refractivity contribution in [1.29, 1.82) is 0 Å². The van der Waals surface area contributed by atoms with Gasteiger partial charge in [-0.05, 0) is 18.8 Å². The van der Waals surface area contributed by atoms with Crippen LogP contribution in [-0.2, 0) is 4.79 Å². The molecule has 0 aliphatic heterocycles. The van der Waals surface area contributed by atoms with Crippen molar-refractivity contribution in [1.82, 2.24) is 0 Å². The maximum absolute atomic E-state index is 10.0. The van der Waals surface area contributed by atoms with Gasteiger partial charge in [0.05, 0.1) is 6.10 Å². The SMILES string of the molecule is CCC(O)C(C)CC(=O)[O-].[Na+]. The van der Waals surface area contributed by atoms with Crippen molar-refractivity contribution in [2.45, 2.75) is 32.8 Å². The second kappa shape index (κ2) is 7.10. The third-order valence-electron chi connectivity index (χ3n) is 1.56. The molecule has 0 aromatic heterocycles. The summed E-state index contributed by atoms with van der Waals surface area (Å²) in [5.74, 6) is -1.30. The molecule has 2 unspecified atom stereocenters. The fraction of sp³-hybridized carbons (Fsp3) is 0.857. The van der Waals surface area contributed by atoms with E-state index in [1.165, 1.54) is 0 Å². The molecule has 0 amide bonds. The number of carbonyl (C=O) groups is 1. The first-order chi connectivity index (χ1) is 4.57. The van der Waals surface area contributed by atoms with Crippen LogP contribution in [0.15, 0.2) is 0 Å². The molecule has 4 heteroatoms. The number of hydrogen-bond donors (Lipinski definition) is 1. The Morgan fingerprint density at radius 3 is 2.36 bits per heavy atom. The Morgan fingerprint density at radius 2 is 2.09 bits per heavy atom. The first-order valence-corrected chi connectivity index (χ1v) is 3.45. The van der Waals surface area contributed by atoms with Gasteiger partial charge in [0.1, 0.15) is 0 Å². The maximum atomic E-state index is 10.0. The Bertz CT molecular complexity index is 116. The number of aliphatic hydroxyl groups is 1. The van der Waals surface area contributed by atoms with Crippen LogP contribution in [0.2, 0.25) is 0 Å². The van der Waals surface area contributed by atoms with Crippen molar-refractivity contribution >= 4 is 5.97 Å². The summed E-state index contributed by atoms with van der Waals surface area (Å²) in [4.78, 5) is 10.0. The molecule has 0 aliphatic rings. The van der Waals surface area contributed by atoms with E-state index in [2.05, 4.69) is 0 Å². The van der Waals surface area contributed by atoms with Crippen LogP contribution in [0.5, 0.6) is 0 Å². The zero-order valence-corrected chi connectivity index (χ0v) is 9.33.